The van der Waals surface area contributed by atoms with Crippen LogP contribution in [0.25, 0.3) is 10.9 Å². The molecule has 1 aromatic carbocycles. The van der Waals surface area contributed by atoms with Crippen LogP contribution in [0.2, 0.25) is 0 Å². The Kier molecular flexibility index (Phi) is 4.80. The number of para-hydroxylation sites is 1. The van der Waals surface area contributed by atoms with Crippen LogP contribution in [0.4, 0.5) is 0 Å². The molecule has 24 heavy (non-hydrogen) atoms. The minimum atomic E-state index is -0.564. The number of ether oxygens (including phenoxy) is 1. The maximum atomic E-state index is 12.5. The van der Waals surface area contributed by atoms with E-state index in [4.69, 9.17) is 4.74 Å². The zero-order chi connectivity index (χ0) is 17.1. The molecule has 1 aliphatic heterocycles. The van der Waals surface area contributed by atoms with Gasteiger partial charge in [0.2, 0.25) is 5.91 Å². The number of fused-ring (bicyclic) bond motifs is 1. The summed E-state index contributed by atoms with van der Waals surface area (Å²) >= 11 is 0. The zero-order valence-corrected chi connectivity index (χ0v) is 13.7. The molecule has 1 aliphatic rings. The maximum absolute atomic E-state index is 12.5. The number of likely N-dealkylation sites (tertiary alicyclic amines) is 1. The summed E-state index contributed by atoms with van der Waals surface area (Å²) < 4.78 is 6.56. The lowest BCUT2D eigenvalue weighted by Crippen LogP contribution is -2.47. The summed E-state index contributed by atoms with van der Waals surface area (Å²) in [5, 5.41) is 0.399. The number of amides is 1. The summed E-state index contributed by atoms with van der Waals surface area (Å²) in [5.41, 5.74) is -0.530. The molecule has 0 radical (unpaired) electrons. The highest BCUT2D eigenvalue weighted by atomic mass is 16.5. The predicted octanol–water partition coefficient (Wildman–Crippen LogP) is 0.717. The van der Waals surface area contributed by atoms with Gasteiger partial charge in [0.05, 0.1) is 17.0 Å². The fourth-order valence-electron chi connectivity index (χ4n) is 3.11. The molecule has 7 nitrogen and oxygen atoms in total. The van der Waals surface area contributed by atoms with Crippen LogP contribution in [0.5, 0.6) is 0 Å². The van der Waals surface area contributed by atoms with E-state index in [0.717, 1.165) is 17.4 Å². The number of benzene rings is 1. The molecule has 0 unspecified atom stereocenters. The third-order valence-corrected chi connectivity index (χ3v) is 4.32. The van der Waals surface area contributed by atoms with E-state index in [9.17, 15) is 14.4 Å². The molecule has 1 saturated heterocycles. The quantitative estimate of drug-likeness (QED) is 0.894. The number of nitrogens with one attached hydrogen (secondary N) is 1. The molecule has 1 N–H and O–H groups in total. The van der Waals surface area contributed by atoms with E-state index < -0.39 is 11.2 Å². The lowest BCUT2D eigenvalue weighted by atomic mass is 10.1. The van der Waals surface area contributed by atoms with Gasteiger partial charge >= 0.3 is 5.69 Å². The van der Waals surface area contributed by atoms with Crippen LogP contribution in [0, 0.1) is 0 Å². The molecular formula is C17H21N3O4. The summed E-state index contributed by atoms with van der Waals surface area (Å²) in [5.74, 6) is -0.234. The number of aromatic nitrogens is 2. The fraction of sp³-hybridized carbons (Fsp3) is 0.471. The molecule has 1 amide bonds. The standard InChI is InChI=1S/C17H21N3O4/c1-2-24-12-6-5-9-19(10-12)15(21)11-20-16(22)13-7-3-4-8-14(13)18-17(20)23/h3-4,7-8,12H,2,5-6,9-11H2,1H3,(H,18,23)/t12-/m0/s1. The second-order valence-corrected chi connectivity index (χ2v) is 5.93. The molecular weight excluding hydrogens is 310 g/mol. The van der Waals surface area contributed by atoms with E-state index in [1.807, 2.05) is 6.92 Å². The first kappa shape index (κ1) is 16.4. The number of hydrogen-bond acceptors (Lipinski definition) is 4. The van der Waals surface area contributed by atoms with Gasteiger partial charge in [-0.2, -0.15) is 0 Å². The Morgan fingerprint density at radius 2 is 2.12 bits per heavy atom. The number of rotatable bonds is 4. The average molecular weight is 331 g/mol. The van der Waals surface area contributed by atoms with Gasteiger partial charge in [-0.25, -0.2) is 4.79 Å². The van der Waals surface area contributed by atoms with Crippen molar-refractivity contribution < 1.29 is 9.53 Å². The van der Waals surface area contributed by atoms with Crippen LogP contribution in [-0.4, -0.2) is 46.2 Å². The summed E-state index contributed by atoms with van der Waals surface area (Å²) in [6.07, 6.45) is 1.81. The van der Waals surface area contributed by atoms with Crippen molar-refractivity contribution in [2.75, 3.05) is 19.7 Å². The molecule has 2 heterocycles. The average Bonchev–Trinajstić information content (AvgIpc) is 2.59. The molecule has 0 spiro atoms. The van der Waals surface area contributed by atoms with Crippen LogP contribution in [0.3, 0.4) is 0 Å². The van der Waals surface area contributed by atoms with Crippen molar-refractivity contribution in [2.24, 2.45) is 0 Å². The predicted molar refractivity (Wildman–Crippen MR) is 90.1 cm³/mol. The molecule has 1 atom stereocenters. The van der Waals surface area contributed by atoms with E-state index >= 15 is 0 Å². The van der Waals surface area contributed by atoms with E-state index in [0.29, 0.717) is 30.6 Å². The van der Waals surface area contributed by atoms with Gasteiger partial charge in [-0.15, -0.1) is 0 Å². The van der Waals surface area contributed by atoms with Crippen molar-refractivity contribution >= 4 is 16.8 Å². The van der Waals surface area contributed by atoms with Crippen LogP contribution in [0.15, 0.2) is 33.9 Å². The number of piperidine rings is 1. The minimum Gasteiger partial charge on any atom is -0.377 e. The van der Waals surface area contributed by atoms with E-state index in [1.54, 1.807) is 29.2 Å². The van der Waals surface area contributed by atoms with E-state index in [-0.39, 0.29) is 18.6 Å². The Balaban J connectivity index is 1.83. The molecule has 0 bridgehead atoms. The van der Waals surface area contributed by atoms with Crippen molar-refractivity contribution in [2.45, 2.75) is 32.4 Å². The highest BCUT2D eigenvalue weighted by Gasteiger charge is 2.24. The molecule has 3 rings (SSSR count). The Bertz CT molecular complexity index is 853. The van der Waals surface area contributed by atoms with Gasteiger partial charge in [-0.3, -0.25) is 14.2 Å². The van der Waals surface area contributed by atoms with Crippen molar-refractivity contribution in [3.8, 4) is 0 Å². The van der Waals surface area contributed by atoms with Gasteiger partial charge in [0.1, 0.15) is 6.54 Å². The van der Waals surface area contributed by atoms with Gasteiger partial charge in [0.25, 0.3) is 5.56 Å². The summed E-state index contributed by atoms with van der Waals surface area (Å²) in [6.45, 7) is 3.42. The van der Waals surface area contributed by atoms with Gasteiger partial charge in [-0.1, -0.05) is 12.1 Å². The van der Waals surface area contributed by atoms with E-state index in [2.05, 4.69) is 4.98 Å². The summed E-state index contributed by atoms with van der Waals surface area (Å²) in [6, 6.07) is 6.78. The van der Waals surface area contributed by atoms with Gasteiger partial charge in [0.15, 0.2) is 0 Å². The monoisotopic (exact) mass is 331 g/mol. The van der Waals surface area contributed by atoms with Crippen LogP contribution in [-0.2, 0) is 16.1 Å². The Morgan fingerprint density at radius 3 is 2.92 bits per heavy atom. The normalized spacial score (nSPS) is 18.0. The summed E-state index contributed by atoms with van der Waals surface area (Å²) in [4.78, 5) is 41.5. The highest BCUT2D eigenvalue weighted by Crippen LogP contribution is 2.13. The number of aromatic amines is 1. The second kappa shape index (κ2) is 7.00. The number of carbonyl (C=O) groups excluding carboxylic acids is 1. The van der Waals surface area contributed by atoms with Crippen LogP contribution >= 0.6 is 0 Å². The number of nitrogens with zero attached hydrogens (tertiary/aromatic N) is 2. The van der Waals surface area contributed by atoms with E-state index in [1.165, 1.54) is 0 Å². The number of carbonyl (C=O) groups is 1. The number of hydrogen-bond donors (Lipinski definition) is 1. The molecule has 7 heteroatoms. The summed E-state index contributed by atoms with van der Waals surface area (Å²) in [7, 11) is 0. The third kappa shape index (κ3) is 3.26. The fourth-order valence-corrected chi connectivity index (χ4v) is 3.11. The first-order valence-electron chi connectivity index (χ1n) is 8.21. The maximum Gasteiger partial charge on any atom is 0.329 e. The Morgan fingerprint density at radius 1 is 1.33 bits per heavy atom. The smallest absolute Gasteiger partial charge is 0.329 e. The first-order valence-corrected chi connectivity index (χ1v) is 8.21. The van der Waals surface area contributed by atoms with Gasteiger partial charge in [0, 0.05) is 19.7 Å². The molecule has 1 aromatic heterocycles. The Hall–Kier alpha value is -2.41. The zero-order valence-electron chi connectivity index (χ0n) is 13.7. The second-order valence-electron chi connectivity index (χ2n) is 5.93. The Labute approximate surface area is 138 Å². The first-order chi connectivity index (χ1) is 11.6. The molecule has 0 aliphatic carbocycles. The van der Waals surface area contributed by atoms with Crippen LogP contribution < -0.4 is 11.2 Å². The highest BCUT2D eigenvalue weighted by molar-refractivity contribution is 5.79. The van der Waals surface area contributed by atoms with Gasteiger partial charge in [-0.05, 0) is 31.9 Å². The van der Waals surface area contributed by atoms with Crippen molar-refractivity contribution in [1.82, 2.24) is 14.5 Å². The van der Waals surface area contributed by atoms with Gasteiger partial charge < -0.3 is 14.6 Å². The largest absolute Gasteiger partial charge is 0.377 e. The molecule has 0 saturated carbocycles. The molecule has 2 aromatic rings. The lowest BCUT2D eigenvalue weighted by molar-refractivity contribution is -0.136. The minimum absolute atomic E-state index is 0.0271. The van der Waals surface area contributed by atoms with Crippen molar-refractivity contribution in [1.29, 1.82) is 0 Å². The molecule has 1 fully saturated rings. The lowest BCUT2D eigenvalue weighted by Gasteiger charge is -2.32. The number of H-pyrrole nitrogens is 1. The SMILES string of the molecule is CCO[C@H]1CCCN(C(=O)Cn2c(=O)[nH]c3ccccc3c2=O)C1. The topological polar surface area (TPSA) is 84.4 Å². The molecule has 128 valence electrons. The van der Waals surface area contributed by atoms with Crippen LogP contribution in [0.1, 0.15) is 19.8 Å². The third-order valence-electron chi connectivity index (χ3n) is 4.32. The van der Waals surface area contributed by atoms with Crippen molar-refractivity contribution in [3.05, 3.63) is 45.1 Å². The van der Waals surface area contributed by atoms with Crippen molar-refractivity contribution in [3.63, 3.8) is 0 Å².